The summed E-state index contributed by atoms with van der Waals surface area (Å²) in [4.78, 5) is 11.9. The molecule has 0 saturated heterocycles. The van der Waals surface area contributed by atoms with Crippen LogP contribution in [0, 0.1) is 11.3 Å². The van der Waals surface area contributed by atoms with E-state index in [2.05, 4.69) is 0 Å². The lowest BCUT2D eigenvalue weighted by atomic mass is 10.1. The molecule has 1 heterocycles. The van der Waals surface area contributed by atoms with Gasteiger partial charge in [0.15, 0.2) is 5.56 Å². The number of rotatable bonds is 1. The van der Waals surface area contributed by atoms with Crippen molar-refractivity contribution in [2.75, 3.05) is 7.11 Å². The highest BCUT2D eigenvalue weighted by Crippen LogP contribution is 2.16. The topological polar surface area (TPSA) is 55.0 Å². The van der Waals surface area contributed by atoms with E-state index in [1.807, 2.05) is 26.8 Å². The summed E-state index contributed by atoms with van der Waals surface area (Å²) in [6.07, 6.45) is 1.64. The van der Waals surface area contributed by atoms with Gasteiger partial charge >= 0.3 is 0 Å². The number of nitriles is 1. The van der Waals surface area contributed by atoms with Crippen LogP contribution in [0.5, 0.6) is 5.75 Å². The molecule has 80 valence electrons. The molecule has 15 heavy (non-hydrogen) atoms. The predicted octanol–water partition coefficient (Wildman–Crippen LogP) is 1.48. The van der Waals surface area contributed by atoms with Gasteiger partial charge in [0, 0.05) is 11.7 Å². The fraction of sp³-hybridized carbons (Fsp3) is 0.455. The van der Waals surface area contributed by atoms with Crippen molar-refractivity contribution >= 4 is 0 Å². The highest BCUT2D eigenvalue weighted by molar-refractivity contribution is 5.40. The third kappa shape index (κ3) is 2.01. The average molecular weight is 206 g/mol. The summed E-state index contributed by atoms with van der Waals surface area (Å²) in [5, 5.41) is 8.88. The fourth-order valence-corrected chi connectivity index (χ4v) is 1.32. The van der Waals surface area contributed by atoms with Gasteiger partial charge in [-0.05, 0) is 26.8 Å². The van der Waals surface area contributed by atoms with Gasteiger partial charge in [0.05, 0.1) is 7.11 Å². The van der Waals surface area contributed by atoms with E-state index in [0.717, 1.165) is 0 Å². The molecular formula is C11H14N2O2. The number of pyridine rings is 1. The largest absolute Gasteiger partial charge is 0.495 e. The molecule has 1 rings (SSSR count). The lowest BCUT2D eigenvalue weighted by Crippen LogP contribution is -2.34. The van der Waals surface area contributed by atoms with Crippen molar-refractivity contribution in [2.24, 2.45) is 0 Å². The lowest BCUT2D eigenvalue weighted by Gasteiger charge is -2.22. The molecule has 0 aliphatic rings. The molecule has 0 aliphatic carbocycles. The van der Waals surface area contributed by atoms with E-state index < -0.39 is 0 Å². The maximum Gasteiger partial charge on any atom is 0.272 e. The second-order valence-electron chi connectivity index (χ2n) is 4.22. The zero-order chi connectivity index (χ0) is 11.6. The third-order valence-corrected chi connectivity index (χ3v) is 2.11. The van der Waals surface area contributed by atoms with Gasteiger partial charge in [-0.2, -0.15) is 5.26 Å². The molecule has 0 amide bonds. The fourth-order valence-electron chi connectivity index (χ4n) is 1.32. The highest BCUT2D eigenvalue weighted by Gasteiger charge is 2.18. The first kappa shape index (κ1) is 11.3. The smallest absolute Gasteiger partial charge is 0.272 e. The van der Waals surface area contributed by atoms with Crippen LogP contribution in [0.25, 0.3) is 0 Å². The lowest BCUT2D eigenvalue weighted by molar-refractivity contribution is 0.372. The maximum absolute atomic E-state index is 11.9. The molecule has 0 aliphatic heterocycles. The Bertz CT molecular complexity index is 461. The molecule has 0 unspecified atom stereocenters. The summed E-state index contributed by atoms with van der Waals surface area (Å²) in [6.45, 7) is 5.71. The molecule has 1 aromatic rings. The maximum atomic E-state index is 11.9. The third-order valence-electron chi connectivity index (χ3n) is 2.11. The van der Waals surface area contributed by atoms with Crippen molar-refractivity contribution in [1.82, 2.24) is 4.57 Å². The first-order valence-corrected chi connectivity index (χ1v) is 4.62. The average Bonchev–Trinajstić information content (AvgIpc) is 2.15. The Labute approximate surface area is 88.7 Å². The Balaban J connectivity index is 3.53. The number of nitrogens with zero attached hydrogens (tertiary/aromatic N) is 2. The van der Waals surface area contributed by atoms with Crippen molar-refractivity contribution in [3.05, 3.63) is 28.2 Å². The van der Waals surface area contributed by atoms with Crippen molar-refractivity contribution in [3.8, 4) is 11.8 Å². The van der Waals surface area contributed by atoms with Gasteiger partial charge in [-0.1, -0.05) is 0 Å². The molecule has 0 bridgehead atoms. The van der Waals surface area contributed by atoms with Crippen LogP contribution < -0.4 is 10.3 Å². The Kier molecular flexibility index (Phi) is 2.85. The first-order valence-electron chi connectivity index (χ1n) is 4.62. The number of aromatic nitrogens is 1. The Morgan fingerprint density at radius 2 is 2.07 bits per heavy atom. The summed E-state index contributed by atoms with van der Waals surface area (Å²) < 4.78 is 6.47. The van der Waals surface area contributed by atoms with Gasteiger partial charge in [-0.15, -0.1) is 0 Å². The number of hydrogen-bond donors (Lipinski definition) is 0. The minimum absolute atomic E-state index is 0.0509. The van der Waals surface area contributed by atoms with Gasteiger partial charge in [0.2, 0.25) is 0 Å². The summed E-state index contributed by atoms with van der Waals surface area (Å²) in [6, 6.07) is 3.50. The highest BCUT2D eigenvalue weighted by atomic mass is 16.5. The summed E-state index contributed by atoms with van der Waals surface area (Å²) >= 11 is 0. The van der Waals surface area contributed by atoms with Crippen LogP contribution in [0.2, 0.25) is 0 Å². The van der Waals surface area contributed by atoms with Gasteiger partial charge < -0.3 is 9.30 Å². The second kappa shape index (κ2) is 3.77. The molecule has 0 atom stereocenters. The molecule has 0 N–H and O–H groups in total. The predicted molar refractivity (Wildman–Crippen MR) is 57.0 cm³/mol. The molecule has 0 radical (unpaired) electrons. The van der Waals surface area contributed by atoms with Crippen LogP contribution in [-0.2, 0) is 5.54 Å². The van der Waals surface area contributed by atoms with Gasteiger partial charge in [0.1, 0.15) is 11.8 Å². The van der Waals surface area contributed by atoms with Crippen LogP contribution in [0.1, 0.15) is 26.3 Å². The molecule has 0 spiro atoms. The van der Waals surface area contributed by atoms with E-state index in [-0.39, 0.29) is 16.7 Å². The van der Waals surface area contributed by atoms with E-state index in [1.54, 1.807) is 12.3 Å². The minimum Gasteiger partial charge on any atom is -0.495 e. The zero-order valence-electron chi connectivity index (χ0n) is 9.37. The van der Waals surface area contributed by atoms with Crippen molar-refractivity contribution in [2.45, 2.75) is 26.3 Å². The standard InChI is InChI=1S/C11H14N2O2/c1-11(2,3)13-6-5-9(15-4)8(7-12)10(13)14/h5-6H,1-4H3. The normalized spacial score (nSPS) is 10.9. The van der Waals surface area contributed by atoms with Crippen LogP contribution in [0.3, 0.4) is 0 Å². The zero-order valence-corrected chi connectivity index (χ0v) is 9.37. The number of methoxy groups -OCH3 is 1. The monoisotopic (exact) mass is 206 g/mol. The molecule has 0 saturated carbocycles. The van der Waals surface area contributed by atoms with Crippen LogP contribution >= 0.6 is 0 Å². The minimum atomic E-state index is -0.338. The first-order chi connectivity index (χ1) is 6.91. The van der Waals surface area contributed by atoms with Crippen LogP contribution in [-0.4, -0.2) is 11.7 Å². The van der Waals surface area contributed by atoms with Gasteiger partial charge in [-0.3, -0.25) is 4.79 Å². The Hall–Kier alpha value is -1.76. The van der Waals surface area contributed by atoms with E-state index in [4.69, 9.17) is 10.00 Å². The SMILES string of the molecule is COc1ccn(C(C)(C)C)c(=O)c1C#N. The molecule has 0 aromatic carbocycles. The number of ether oxygens (including phenoxy) is 1. The molecule has 4 heteroatoms. The van der Waals surface area contributed by atoms with Crippen molar-refractivity contribution < 1.29 is 4.74 Å². The molecule has 0 fully saturated rings. The van der Waals surface area contributed by atoms with Crippen molar-refractivity contribution in [1.29, 1.82) is 5.26 Å². The van der Waals surface area contributed by atoms with Crippen LogP contribution in [0.15, 0.2) is 17.1 Å². The Morgan fingerprint density at radius 1 is 1.47 bits per heavy atom. The summed E-state index contributed by atoms with van der Waals surface area (Å²) in [5.74, 6) is 0.322. The van der Waals surface area contributed by atoms with E-state index >= 15 is 0 Å². The molecule has 4 nitrogen and oxygen atoms in total. The number of hydrogen-bond acceptors (Lipinski definition) is 3. The van der Waals surface area contributed by atoms with Gasteiger partial charge in [0.25, 0.3) is 5.56 Å². The summed E-state index contributed by atoms with van der Waals surface area (Å²) in [5.41, 5.74) is -0.603. The quantitative estimate of drug-likeness (QED) is 0.699. The van der Waals surface area contributed by atoms with Crippen LogP contribution in [0.4, 0.5) is 0 Å². The van der Waals surface area contributed by atoms with Crippen molar-refractivity contribution in [3.63, 3.8) is 0 Å². The summed E-state index contributed by atoms with van der Waals surface area (Å²) in [7, 11) is 1.44. The Morgan fingerprint density at radius 3 is 2.47 bits per heavy atom. The second-order valence-corrected chi connectivity index (χ2v) is 4.22. The van der Waals surface area contributed by atoms with E-state index in [1.165, 1.54) is 11.7 Å². The van der Waals surface area contributed by atoms with E-state index in [0.29, 0.717) is 5.75 Å². The molecular weight excluding hydrogens is 192 g/mol. The van der Waals surface area contributed by atoms with Gasteiger partial charge in [-0.25, -0.2) is 0 Å². The molecule has 1 aromatic heterocycles. The van der Waals surface area contributed by atoms with E-state index in [9.17, 15) is 4.79 Å².